The molecule has 2 aliphatic rings. The van der Waals surface area contributed by atoms with E-state index in [0.717, 1.165) is 31.4 Å². The number of aromatic nitrogens is 1. The number of nitrogens with zero attached hydrogens (tertiary/aromatic N) is 2. The van der Waals surface area contributed by atoms with Crippen LogP contribution in [0.15, 0.2) is 36.5 Å². The lowest BCUT2D eigenvalue weighted by molar-refractivity contribution is -0.128. The van der Waals surface area contributed by atoms with Crippen molar-refractivity contribution in [2.24, 2.45) is 0 Å². The Bertz CT molecular complexity index is 854. The third-order valence-electron chi connectivity index (χ3n) is 5.30. The molecule has 0 radical (unpaired) electrons. The first kappa shape index (κ1) is 18.4. The van der Waals surface area contributed by atoms with Crippen LogP contribution in [0.1, 0.15) is 43.8 Å². The van der Waals surface area contributed by atoms with Gasteiger partial charge in [-0.1, -0.05) is 42.5 Å². The summed E-state index contributed by atoms with van der Waals surface area (Å²) < 4.78 is 1.83. The highest BCUT2D eigenvalue weighted by Gasteiger charge is 2.39. The molecule has 1 atom stereocenters. The molecule has 1 aromatic carbocycles. The molecular weight excluding hydrogens is 385 g/mol. The predicted octanol–water partition coefficient (Wildman–Crippen LogP) is 4.33. The Balaban J connectivity index is 1.71. The van der Waals surface area contributed by atoms with Crippen molar-refractivity contribution < 1.29 is 9.59 Å². The van der Waals surface area contributed by atoms with Crippen LogP contribution < -0.4 is 10.2 Å². The highest BCUT2D eigenvalue weighted by atomic mass is 35.5. The number of amides is 2. The van der Waals surface area contributed by atoms with Gasteiger partial charge in [0.2, 0.25) is 11.8 Å². The number of benzene rings is 1. The van der Waals surface area contributed by atoms with E-state index in [2.05, 4.69) is 5.32 Å². The van der Waals surface area contributed by atoms with Crippen molar-refractivity contribution in [2.75, 3.05) is 4.90 Å². The smallest absolute Gasteiger partial charge is 0.249 e. The third kappa shape index (κ3) is 3.71. The summed E-state index contributed by atoms with van der Waals surface area (Å²) in [6.07, 6.45) is 7.25. The van der Waals surface area contributed by atoms with E-state index in [4.69, 9.17) is 23.2 Å². The molecule has 1 aromatic heterocycles. The van der Waals surface area contributed by atoms with Gasteiger partial charge >= 0.3 is 0 Å². The molecule has 4 rings (SSSR count). The molecule has 2 heterocycles. The number of anilines is 1. The topological polar surface area (TPSA) is 54.3 Å². The fourth-order valence-electron chi connectivity index (χ4n) is 4.07. The molecule has 1 saturated carbocycles. The molecule has 2 amide bonds. The summed E-state index contributed by atoms with van der Waals surface area (Å²) in [4.78, 5) is 27.7. The molecule has 1 aliphatic carbocycles. The van der Waals surface area contributed by atoms with Gasteiger partial charge in [0.1, 0.15) is 6.54 Å². The Labute approximate surface area is 168 Å². The van der Waals surface area contributed by atoms with Crippen LogP contribution in [0.5, 0.6) is 0 Å². The van der Waals surface area contributed by atoms with Gasteiger partial charge in [0, 0.05) is 28.0 Å². The fraction of sp³-hybridized carbons (Fsp3) is 0.400. The molecule has 27 heavy (non-hydrogen) atoms. The zero-order valence-corrected chi connectivity index (χ0v) is 16.3. The largest absolute Gasteiger partial charge is 0.351 e. The highest BCUT2D eigenvalue weighted by molar-refractivity contribution is 6.35. The second-order valence-corrected chi connectivity index (χ2v) is 8.07. The van der Waals surface area contributed by atoms with Crippen molar-refractivity contribution in [1.82, 2.24) is 9.88 Å². The van der Waals surface area contributed by atoms with E-state index in [1.807, 2.05) is 22.9 Å². The van der Waals surface area contributed by atoms with Gasteiger partial charge in [0.05, 0.1) is 5.69 Å². The number of hydrogen-bond donors (Lipinski definition) is 1. The first-order valence-corrected chi connectivity index (χ1v) is 10.0. The molecule has 1 aliphatic heterocycles. The predicted molar refractivity (Wildman–Crippen MR) is 106 cm³/mol. The van der Waals surface area contributed by atoms with Gasteiger partial charge in [-0.2, -0.15) is 0 Å². The van der Waals surface area contributed by atoms with Gasteiger partial charge in [0.15, 0.2) is 6.04 Å². The second-order valence-electron chi connectivity index (χ2n) is 7.20. The van der Waals surface area contributed by atoms with Crippen molar-refractivity contribution in [2.45, 2.75) is 50.7 Å². The first-order chi connectivity index (χ1) is 13.0. The Kier molecular flexibility index (Phi) is 5.15. The Morgan fingerprint density at radius 2 is 1.78 bits per heavy atom. The van der Waals surface area contributed by atoms with E-state index in [0.29, 0.717) is 15.7 Å². The summed E-state index contributed by atoms with van der Waals surface area (Å²) in [5.41, 5.74) is 1.33. The van der Waals surface area contributed by atoms with Gasteiger partial charge < -0.3 is 9.88 Å². The van der Waals surface area contributed by atoms with Crippen LogP contribution >= 0.6 is 23.2 Å². The minimum atomic E-state index is -0.738. The summed E-state index contributed by atoms with van der Waals surface area (Å²) in [5.74, 6) is -0.327. The number of halogens is 2. The van der Waals surface area contributed by atoms with E-state index in [1.54, 1.807) is 18.2 Å². The number of nitrogens with one attached hydrogen (secondary N) is 1. The molecule has 7 heteroatoms. The molecule has 5 nitrogen and oxygen atoms in total. The molecule has 2 aromatic rings. The van der Waals surface area contributed by atoms with E-state index >= 15 is 0 Å². The van der Waals surface area contributed by atoms with Gasteiger partial charge in [-0.25, -0.2) is 0 Å². The van der Waals surface area contributed by atoms with E-state index in [9.17, 15) is 9.59 Å². The third-order valence-corrected chi connectivity index (χ3v) is 5.74. The van der Waals surface area contributed by atoms with Crippen LogP contribution in [0.3, 0.4) is 0 Å². The zero-order valence-electron chi connectivity index (χ0n) is 14.8. The lowest BCUT2D eigenvalue weighted by Gasteiger charge is -2.37. The molecule has 0 saturated heterocycles. The zero-order chi connectivity index (χ0) is 19.0. The first-order valence-electron chi connectivity index (χ1n) is 9.26. The standard InChI is InChI=1S/C20H21Cl2N3O2/c21-13-9-14(22)11-16(10-13)25-18(26)12-24-8-4-7-17(24)19(25)20(27)23-15-5-2-1-3-6-15/h4,7-11,15,19H,1-3,5-6,12H2,(H,23,27)/t19-/m1/s1. The minimum Gasteiger partial charge on any atom is -0.351 e. The normalized spacial score (nSPS) is 20.4. The highest BCUT2D eigenvalue weighted by Crippen LogP contribution is 2.35. The average Bonchev–Trinajstić information content (AvgIpc) is 3.08. The Morgan fingerprint density at radius 1 is 1.07 bits per heavy atom. The number of hydrogen-bond acceptors (Lipinski definition) is 2. The molecule has 0 bridgehead atoms. The maximum atomic E-state index is 13.2. The number of rotatable bonds is 3. The molecule has 1 fully saturated rings. The number of carbonyl (C=O) groups is 2. The van der Waals surface area contributed by atoms with Crippen LogP contribution in [0.4, 0.5) is 5.69 Å². The summed E-state index contributed by atoms with van der Waals surface area (Å²) in [6, 6.07) is 8.12. The van der Waals surface area contributed by atoms with Crippen LogP contribution in [0, 0.1) is 0 Å². The monoisotopic (exact) mass is 405 g/mol. The molecular formula is C20H21Cl2N3O2. The average molecular weight is 406 g/mol. The number of carbonyl (C=O) groups excluding carboxylic acids is 2. The van der Waals surface area contributed by atoms with Crippen molar-refractivity contribution in [3.8, 4) is 0 Å². The Morgan fingerprint density at radius 3 is 2.48 bits per heavy atom. The summed E-state index contributed by atoms with van der Waals surface area (Å²) in [6.45, 7) is 0.180. The van der Waals surface area contributed by atoms with Gasteiger partial charge in [-0.3, -0.25) is 14.5 Å². The Hall–Kier alpha value is -1.98. The maximum Gasteiger partial charge on any atom is 0.249 e. The van der Waals surface area contributed by atoms with Gasteiger partial charge in [-0.05, 0) is 43.2 Å². The van der Waals surface area contributed by atoms with Crippen LogP contribution in [-0.4, -0.2) is 22.4 Å². The maximum absolute atomic E-state index is 13.2. The van der Waals surface area contributed by atoms with Crippen molar-refractivity contribution in [1.29, 1.82) is 0 Å². The summed E-state index contributed by atoms with van der Waals surface area (Å²) >= 11 is 12.3. The van der Waals surface area contributed by atoms with E-state index in [1.165, 1.54) is 11.3 Å². The number of fused-ring (bicyclic) bond motifs is 1. The van der Waals surface area contributed by atoms with Crippen molar-refractivity contribution >= 4 is 40.7 Å². The second kappa shape index (κ2) is 7.56. The van der Waals surface area contributed by atoms with Gasteiger partial charge in [-0.15, -0.1) is 0 Å². The van der Waals surface area contributed by atoms with E-state index in [-0.39, 0.29) is 24.4 Å². The minimum absolute atomic E-state index is 0.161. The van der Waals surface area contributed by atoms with E-state index < -0.39 is 6.04 Å². The lowest BCUT2D eigenvalue weighted by Crippen LogP contribution is -2.51. The lowest BCUT2D eigenvalue weighted by atomic mass is 9.95. The van der Waals surface area contributed by atoms with Gasteiger partial charge in [0.25, 0.3) is 0 Å². The fourth-order valence-corrected chi connectivity index (χ4v) is 4.58. The van der Waals surface area contributed by atoms with Crippen LogP contribution in [0.25, 0.3) is 0 Å². The summed E-state index contributed by atoms with van der Waals surface area (Å²) in [5, 5.41) is 4.01. The van der Waals surface area contributed by atoms with Crippen LogP contribution in [-0.2, 0) is 16.1 Å². The molecule has 0 unspecified atom stereocenters. The molecule has 142 valence electrons. The quantitative estimate of drug-likeness (QED) is 0.825. The van der Waals surface area contributed by atoms with Crippen LogP contribution in [0.2, 0.25) is 10.0 Å². The SMILES string of the molecule is O=C(NC1CCCCC1)[C@H]1c2cccn2CC(=O)N1c1cc(Cl)cc(Cl)c1. The van der Waals surface area contributed by atoms with Crippen molar-refractivity contribution in [3.05, 3.63) is 52.3 Å². The molecule has 0 spiro atoms. The summed E-state index contributed by atoms with van der Waals surface area (Å²) in [7, 11) is 0. The molecule has 1 N–H and O–H groups in total. The van der Waals surface area contributed by atoms with Crippen molar-refractivity contribution in [3.63, 3.8) is 0 Å².